The maximum Gasteiger partial charge on any atom is 0.255 e. The van der Waals surface area contributed by atoms with Gasteiger partial charge in [-0.05, 0) is 33.8 Å². The third-order valence-electron chi connectivity index (χ3n) is 2.30. The van der Waals surface area contributed by atoms with E-state index in [1.807, 2.05) is 0 Å². The lowest BCUT2D eigenvalue weighted by Gasteiger charge is -2.21. The van der Waals surface area contributed by atoms with Gasteiger partial charge >= 0.3 is 0 Å². The third-order valence-corrected chi connectivity index (χ3v) is 2.83. The topological polar surface area (TPSA) is 51.2 Å². The molecule has 0 unspecified atom stereocenters. The van der Waals surface area contributed by atoms with Crippen molar-refractivity contribution in [3.05, 3.63) is 33.5 Å². The summed E-state index contributed by atoms with van der Waals surface area (Å²) in [4.78, 5) is 15.9. The van der Waals surface area contributed by atoms with E-state index >= 15 is 0 Å². The lowest BCUT2D eigenvalue weighted by atomic mass is 10.1. The first kappa shape index (κ1) is 17.7. The zero-order chi connectivity index (χ0) is 16.2. The molecule has 1 heterocycles. The van der Waals surface area contributed by atoms with Crippen molar-refractivity contribution in [3.63, 3.8) is 0 Å². The largest absolute Gasteiger partial charge is 0.501 e. The summed E-state index contributed by atoms with van der Waals surface area (Å²) in [7, 11) is 0. The molecular weight excluding hydrogens is 318 g/mol. The Bertz CT molecular complexity index is 569. The van der Waals surface area contributed by atoms with Gasteiger partial charge in [-0.3, -0.25) is 4.79 Å². The van der Waals surface area contributed by atoms with Crippen LogP contribution in [0.3, 0.4) is 0 Å². The summed E-state index contributed by atoms with van der Waals surface area (Å²) in [6.45, 7) is 7.59. The molecule has 0 atom stereocenters. The van der Waals surface area contributed by atoms with Crippen LogP contribution in [0.2, 0.25) is 10.3 Å². The zero-order valence-electron chi connectivity index (χ0n) is 12.3. The Morgan fingerprint density at radius 3 is 2.52 bits per heavy atom. The minimum Gasteiger partial charge on any atom is -0.501 e. The van der Waals surface area contributed by atoms with Crippen LogP contribution in [0.5, 0.6) is 0 Å². The number of rotatable bonds is 4. The number of nitrogens with one attached hydrogen (secondary N) is 1. The van der Waals surface area contributed by atoms with Crippen LogP contribution in [0.4, 0.5) is 4.39 Å². The Balaban J connectivity index is 3.35. The second kappa shape index (κ2) is 7.09. The normalized spacial score (nSPS) is 11.8. The second-order valence-corrected chi connectivity index (χ2v) is 5.97. The summed E-state index contributed by atoms with van der Waals surface area (Å²) >= 11 is 11.6. The van der Waals surface area contributed by atoms with E-state index in [4.69, 9.17) is 27.9 Å². The number of pyridine rings is 1. The Hall–Kier alpha value is -1.33. The highest BCUT2D eigenvalue weighted by molar-refractivity contribution is 6.35. The van der Waals surface area contributed by atoms with Crippen LogP contribution in [0.15, 0.2) is 6.26 Å². The van der Waals surface area contributed by atoms with Gasteiger partial charge in [-0.1, -0.05) is 23.2 Å². The molecule has 1 N–H and O–H groups in total. The average Bonchev–Trinajstić information content (AvgIpc) is 2.33. The predicted molar refractivity (Wildman–Crippen MR) is 82.1 cm³/mol. The summed E-state index contributed by atoms with van der Waals surface area (Å²) in [5, 5.41) is 2.14. The summed E-state index contributed by atoms with van der Waals surface area (Å²) in [6, 6.07) is 0. The van der Waals surface area contributed by atoms with Crippen molar-refractivity contribution < 1.29 is 13.9 Å². The number of aromatic nitrogens is 1. The van der Waals surface area contributed by atoms with Gasteiger partial charge in [0, 0.05) is 11.1 Å². The molecule has 1 rings (SSSR count). The number of halogens is 3. The first-order valence-electron chi connectivity index (χ1n) is 6.32. The maximum atomic E-state index is 14.1. The van der Waals surface area contributed by atoms with Gasteiger partial charge in [0.25, 0.3) is 5.91 Å². The van der Waals surface area contributed by atoms with Crippen LogP contribution in [-0.2, 0) is 4.74 Å². The molecule has 7 heteroatoms. The van der Waals surface area contributed by atoms with E-state index in [9.17, 15) is 9.18 Å². The highest BCUT2D eigenvalue weighted by atomic mass is 35.5. The lowest BCUT2D eigenvalue weighted by molar-refractivity contribution is 0.0918. The van der Waals surface area contributed by atoms with Crippen LogP contribution >= 0.6 is 23.2 Å². The number of hydrogen-bond donors (Lipinski definition) is 1. The molecule has 0 radical (unpaired) electrons. The maximum absolute atomic E-state index is 14.1. The Labute approximate surface area is 133 Å². The molecular formula is C14H17Cl2FN2O2. The van der Waals surface area contributed by atoms with Crippen molar-refractivity contribution in [1.82, 2.24) is 10.3 Å². The van der Waals surface area contributed by atoms with Crippen LogP contribution in [0.25, 0.3) is 6.08 Å². The van der Waals surface area contributed by atoms with Gasteiger partial charge in [0.1, 0.15) is 5.15 Å². The molecule has 0 saturated heterocycles. The molecule has 0 saturated carbocycles. The van der Waals surface area contributed by atoms with Gasteiger partial charge in [0.15, 0.2) is 11.0 Å². The fourth-order valence-corrected chi connectivity index (χ4v) is 2.01. The fourth-order valence-electron chi connectivity index (χ4n) is 1.51. The Morgan fingerprint density at radius 2 is 2.00 bits per heavy atom. The van der Waals surface area contributed by atoms with E-state index < -0.39 is 22.4 Å². The molecule has 0 fully saturated rings. The predicted octanol–water partition coefficient (Wildman–Crippen LogP) is 4.06. The molecule has 0 bridgehead atoms. The highest BCUT2D eigenvalue weighted by Crippen LogP contribution is 2.27. The number of carbonyl (C=O) groups excluding carboxylic acids is 1. The molecule has 0 aliphatic carbocycles. The number of ether oxygens (including phenoxy) is 1. The minimum absolute atomic E-state index is 0.0600. The second-order valence-electron chi connectivity index (χ2n) is 5.26. The first-order chi connectivity index (χ1) is 9.67. The standard InChI is InChI=1S/C14H17Cl2FN2O2/c1-5-21-7-6-8-9(13(20)19-14(2,3)4)11(15)18-12(16)10(8)17/h6-7H,5H2,1-4H3,(H,19,20)/b7-6+. The van der Waals surface area contributed by atoms with Crippen molar-refractivity contribution >= 4 is 35.2 Å². The molecule has 0 aliphatic rings. The van der Waals surface area contributed by atoms with E-state index in [0.29, 0.717) is 6.61 Å². The van der Waals surface area contributed by atoms with E-state index in [1.54, 1.807) is 27.7 Å². The summed E-state index contributed by atoms with van der Waals surface area (Å²) < 4.78 is 19.1. The van der Waals surface area contributed by atoms with Gasteiger partial charge in [0.2, 0.25) is 0 Å². The molecule has 0 aromatic carbocycles. The number of nitrogens with zero attached hydrogens (tertiary/aromatic N) is 1. The quantitative estimate of drug-likeness (QED) is 0.667. The molecule has 116 valence electrons. The molecule has 0 aliphatic heterocycles. The molecule has 1 aromatic rings. The fraction of sp³-hybridized carbons (Fsp3) is 0.429. The number of hydrogen-bond acceptors (Lipinski definition) is 3. The zero-order valence-corrected chi connectivity index (χ0v) is 13.8. The van der Waals surface area contributed by atoms with Gasteiger partial charge < -0.3 is 10.1 Å². The van der Waals surface area contributed by atoms with E-state index in [0.717, 1.165) is 0 Å². The highest BCUT2D eigenvalue weighted by Gasteiger charge is 2.24. The summed E-state index contributed by atoms with van der Waals surface area (Å²) in [5.41, 5.74) is -0.642. The van der Waals surface area contributed by atoms with Crippen LogP contribution < -0.4 is 5.32 Å². The lowest BCUT2D eigenvalue weighted by Crippen LogP contribution is -2.41. The van der Waals surface area contributed by atoms with Gasteiger partial charge in [-0.25, -0.2) is 9.37 Å². The Morgan fingerprint density at radius 1 is 1.38 bits per heavy atom. The van der Waals surface area contributed by atoms with Crippen molar-refractivity contribution in [2.75, 3.05) is 6.61 Å². The molecule has 4 nitrogen and oxygen atoms in total. The molecule has 1 amide bonds. The molecule has 1 aromatic heterocycles. The first-order valence-corrected chi connectivity index (χ1v) is 7.08. The van der Waals surface area contributed by atoms with Crippen molar-refractivity contribution in [2.45, 2.75) is 33.2 Å². The number of carbonyl (C=O) groups is 1. The van der Waals surface area contributed by atoms with Crippen LogP contribution in [-0.4, -0.2) is 23.0 Å². The Kier molecular flexibility index (Phi) is 5.98. The SMILES string of the molecule is CCO/C=C/c1c(F)c(Cl)nc(Cl)c1C(=O)NC(C)(C)C. The van der Waals surface area contributed by atoms with Crippen LogP contribution in [0, 0.1) is 5.82 Å². The van der Waals surface area contributed by atoms with Gasteiger partial charge in [-0.15, -0.1) is 0 Å². The van der Waals surface area contributed by atoms with Gasteiger partial charge in [-0.2, -0.15) is 0 Å². The number of amides is 1. The van der Waals surface area contributed by atoms with Crippen molar-refractivity contribution in [2.24, 2.45) is 0 Å². The summed E-state index contributed by atoms with van der Waals surface area (Å²) in [6.07, 6.45) is 2.58. The van der Waals surface area contributed by atoms with E-state index in [2.05, 4.69) is 10.3 Å². The van der Waals surface area contributed by atoms with Crippen molar-refractivity contribution in [3.8, 4) is 0 Å². The third kappa shape index (κ3) is 4.86. The average molecular weight is 335 g/mol. The molecule has 0 spiro atoms. The van der Waals surface area contributed by atoms with Gasteiger partial charge in [0.05, 0.1) is 18.4 Å². The van der Waals surface area contributed by atoms with E-state index in [-0.39, 0.29) is 16.3 Å². The van der Waals surface area contributed by atoms with Crippen molar-refractivity contribution in [1.29, 1.82) is 0 Å². The van der Waals surface area contributed by atoms with E-state index in [1.165, 1.54) is 12.3 Å². The smallest absolute Gasteiger partial charge is 0.255 e. The van der Waals surface area contributed by atoms with Crippen LogP contribution in [0.1, 0.15) is 43.6 Å². The molecule has 21 heavy (non-hydrogen) atoms. The summed E-state index contributed by atoms with van der Waals surface area (Å²) in [5.74, 6) is -1.36. The monoisotopic (exact) mass is 334 g/mol. The minimum atomic E-state index is -0.823.